The Morgan fingerprint density at radius 1 is 1.21 bits per heavy atom. The molecule has 162 valence electrons. The molecular weight excluding hydrogens is 368 g/mol. The summed E-state index contributed by atoms with van der Waals surface area (Å²) < 4.78 is 11.8. The van der Waals surface area contributed by atoms with E-state index >= 15 is 0 Å². The van der Waals surface area contributed by atoms with Crippen LogP contribution in [-0.4, -0.2) is 30.6 Å². The monoisotopic (exact) mass is 404 g/mol. The molecule has 7 nitrogen and oxygen atoms in total. The molecule has 0 bridgehead atoms. The van der Waals surface area contributed by atoms with Crippen LogP contribution in [0, 0.1) is 5.41 Å². The highest BCUT2D eigenvalue weighted by atomic mass is 16.5. The van der Waals surface area contributed by atoms with Crippen molar-refractivity contribution in [3.05, 3.63) is 29.8 Å². The van der Waals surface area contributed by atoms with E-state index in [1.165, 1.54) is 0 Å². The molecule has 1 amide bonds. The van der Waals surface area contributed by atoms with Crippen LogP contribution in [0.4, 0.5) is 5.69 Å². The standard InChI is InChI=1S/C22H36N4O3/c1-8-17(29-22(5,6)7)16-13-15(9-10-18(16)28-12-11-23)25-20(24)26-19(27)14-21(2,3)4/h8-10,13H,11-12,14,23H2,1-7H3,(H3,24,25,26,27)/b17-8-. The fourth-order valence-corrected chi connectivity index (χ4v) is 2.51. The van der Waals surface area contributed by atoms with Crippen molar-refractivity contribution >= 4 is 23.3 Å². The molecule has 0 aliphatic heterocycles. The molecule has 0 spiro atoms. The summed E-state index contributed by atoms with van der Waals surface area (Å²) in [6.45, 7) is 14.6. The molecule has 0 atom stereocenters. The average Bonchev–Trinajstić information content (AvgIpc) is 2.55. The van der Waals surface area contributed by atoms with Gasteiger partial charge in [-0.3, -0.25) is 10.1 Å². The van der Waals surface area contributed by atoms with E-state index in [1.807, 2.05) is 60.6 Å². The SMILES string of the molecule is C/C=C(\OC(C)(C)C)c1cc(N=C(N)NC(=O)CC(C)(C)C)ccc1OCCN. The van der Waals surface area contributed by atoms with Gasteiger partial charge in [0, 0.05) is 13.0 Å². The molecule has 29 heavy (non-hydrogen) atoms. The average molecular weight is 405 g/mol. The first kappa shape index (κ1) is 24.5. The predicted octanol–water partition coefficient (Wildman–Crippen LogP) is 3.70. The van der Waals surface area contributed by atoms with Gasteiger partial charge in [0.25, 0.3) is 0 Å². The quantitative estimate of drug-likeness (QED) is 0.364. The summed E-state index contributed by atoms with van der Waals surface area (Å²) in [5.74, 6) is 1.17. The van der Waals surface area contributed by atoms with E-state index in [1.54, 1.807) is 12.1 Å². The van der Waals surface area contributed by atoms with Crippen molar-refractivity contribution in [1.82, 2.24) is 5.32 Å². The molecule has 0 fully saturated rings. The summed E-state index contributed by atoms with van der Waals surface area (Å²) in [6, 6.07) is 5.38. The summed E-state index contributed by atoms with van der Waals surface area (Å²) in [5.41, 5.74) is 12.3. The van der Waals surface area contributed by atoms with Crippen molar-refractivity contribution in [2.75, 3.05) is 13.2 Å². The normalized spacial score (nSPS) is 13.2. The number of carbonyl (C=O) groups is 1. The summed E-state index contributed by atoms with van der Waals surface area (Å²) in [7, 11) is 0. The summed E-state index contributed by atoms with van der Waals surface area (Å²) in [5, 5.41) is 2.63. The van der Waals surface area contributed by atoms with Gasteiger partial charge in [-0.25, -0.2) is 4.99 Å². The number of nitrogens with one attached hydrogen (secondary N) is 1. The Morgan fingerprint density at radius 2 is 1.86 bits per heavy atom. The summed E-state index contributed by atoms with van der Waals surface area (Å²) in [6.07, 6.45) is 2.22. The van der Waals surface area contributed by atoms with E-state index in [9.17, 15) is 4.79 Å². The van der Waals surface area contributed by atoms with Gasteiger partial charge in [0.15, 0.2) is 0 Å². The topological polar surface area (TPSA) is 112 Å². The lowest BCUT2D eigenvalue weighted by Crippen LogP contribution is -2.38. The molecule has 0 radical (unpaired) electrons. The molecule has 5 N–H and O–H groups in total. The number of aliphatic imine (C=N–C) groups is 1. The molecular formula is C22H36N4O3. The third-order valence-corrected chi connectivity index (χ3v) is 3.49. The molecule has 0 aromatic heterocycles. The Kier molecular flexibility index (Phi) is 8.70. The Morgan fingerprint density at radius 3 is 2.38 bits per heavy atom. The number of guanidine groups is 1. The Bertz CT molecular complexity index is 756. The van der Waals surface area contributed by atoms with Crippen molar-refractivity contribution in [3.63, 3.8) is 0 Å². The van der Waals surface area contributed by atoms with Crippen molar-refractivity contribution in [2.24, 2.45) is 21.9 Å². The second-order valence-corrected chi connectivity index (χ2v) is 8.97. The van der Waals surface area contributed by atoms with E-state index in [4.69, 9.17) is 20.9 Å². The number of hydrogen-bond donors (Lipinski definition) is 3. The molecule has 7 heteroatoms. The lowest BCUT2D eigenvalue weighted by Gasteiger charge is -2.25. The third kappa shape index (κ3) is 9.47. The van der Waals surface area contributed by atoms with Crippen LogP contribution in [-0.2, 0) is 9.53 Å². The summed E-state index contributed by atoms with van der Waals surface area (Å²) >= 11 is 0. The smallest absolute Gasteiger partial charge is 0.227 e. The largest absolute Gasteiger partial charge is 0.492 e. The molecule has 1 aromatic carbocycles. The minimum atomic E-state index is -0.383. The number of benzene rings is 1. The van der Waals surface area contributed by atoms with Crippen LogP contribution in [0.5, 0.6) is 5.75 Å². The van der Waals surface area contributed by atoms with Gasteiger partial charge in [-0.15, -0.1) is 0 Å². The first-order chi connectivity index (χ1) is 13.3. The van der Waals surface area contributed by atoms with E-state index in [2.05, 4.69) is 10.3 Å². The molecule has 1 aromatic rings. The van der Waals surface area contributed by atoms with Crippen LogP contribution >= 0.6 is 0 Å². The molecule has 1 rings (SSSR count). The van der Waals surface area contributed by atoms with Crippen molar-refractivity contribution < 1.29 is 14.3 Å². The minimum absolute atomic E-state index is 0.0413. The molecule has 0 heterocycles. The number of allylic oxidation sites excluding steroid dienone is 1. The van der Waals surface area contributed by atoms with E-state index in [0.29, 0.717) is 36.8 Å². The van der Waals surface area contributed by atoms with Gasteiger partial charge in [-0.1, -0.05) is 20.8 Å². The second-order valence-electron chi connectivity index (χ2n) is 8.97. The number of hydrogen-bond acceptors (Lipinski definition) is 5. The van der Waals surface area contributed by atoms with Crippen LogP contribution in [0.1, 0.15) is 60.5 Å². The first-order valence-electron chi connectivity index (χ1n) is 9.81. The first-order valence-corrected chi connectivity index (χ1v) is 9.81. The van der Waals surface area contributed by atoms with Crippen LogP contribution in [0.25, 0.3) is 5.76 Å². The number of rotatable bonds is 7. The van der Waals surface area contributed by atoms with Gasteiger partial charge in [0.1, 0.15) is 23.7 Å². The van der Waals surface area contributed by atoms with Crippen LogP contribution in [0.15, 0.2) is 29.3 Å². The van der Waals surface area contributed by atoms with Gasteiger partial charge < -0.3 is 20.9 Å². The molecule has 0 aliphatic rings. The number of amides is 1. The zero-order valence-electron chi connectivity index (χ0n) is 18.8. The number of ether oxygens (including phenoxy) is 2. The zero-order valence-corrected chi connectivity index (χ0v) is 18.8. The maximum absolute atomic E-state index is 12.1. The predicted molar refractivity (Wildman–Crippen MR) is 119 cm³/mol. The fraction of sp³-hybridized carbons (Fsp3) is 0.545. The van der Waals surface area contributed by atoms with Gasteiger partial charge in [0.2, 0.25) is 11.9 Å². The van der Waals surface area contributed by atoms with Gasteiger partial charge in [0.05, 0.1) is 11.3 Å². The van der Waals surface area contributed by atoms with Crippen molar-refractivity contribution in [1.29, 1.82) is 0 Å². The molecule has 0 saturated carbocycles. The second kappa shape index (κ2) is 10.3. The minimum Gasteiger partial charge on any atom is -0.492 e. The van der Waals surface area contributed by atoms with Crippen molar-refractivity contribution in [2.45, 2.75) is 60.5 Å². The van der Waals surface area contributed by atoms with E-state index in [-0.39, 0.29) is 22.9 Å². The third-order valence-electron chi connectivity index (χ3n) is 3.49. The van der Waals surface area contributed by atoms with Crippen molar-refractivity contribution in [3.8, 4) is 5.75 Å². The van der Waals surface area contributed by atoms with Gasteiger partial charge in [-0.2, -0.15) is 0 Å². The molecule has 0 aliphatic carbocycles. The zero-order chi connectivity index (χ0) is 22.2. The maximum Gasteiger partial charge on any atom is 0.227 e. The highest BCUT2D eigenvalue weighted by molar-refractivity contribution is 5.97. The maximum atomic E-state index is 12.1. The number of nitrogens with two attached hydrogens (primary N) is 2. The summed E-state index contributed by atoms with van der Waals surface area (Å²) in [4.78, 5) is 16.4. The highest BCUT2D eigenvalue weighted by Crippen LogP contribution is 2.33. The van der Waals surface area contributed by atoms with Crippen LogP contribution in [0.3, 0.4) is 0 Å². The van der Waals surface area contributed by atoms with E-state index < -0.39 is 0 Å². The Balaban J connectivity index is 3.18. The van der Waals surface area contributed by atoms with Gasteiger partial charge >= 0.3 is 0 Å². The van der Waals surface area contributed by atoms with Gasteiger partial charge in [-0.05, 0) is 57.4 Å². The van der Waals surface area contributed by atoms with Crippen LogP contribution in [0.2, 0.25) is 0 Å². The molecule has 0 unspecified atom stereocenters. The highest BCUT2D eigenvalue weighted by Gasteiger charge is 2.19. The number of carbonyl (C=O) groups excluding carboxylic acids is 1. The lowest BCUT2D eigenvalue weighted by atomic mass is 9.92. The Hall–Kier alpha value is -2.54. The molecule has 0 saturated heterocycles. The lowest BCUT2D eigenvalue weighted by molar-refractivity contribution is -0.121. The fourth-order valence-electron chi connectivity index (χ4n) is 2.51. The van der Waals surface area contributed by atoms with Crippen LogP contribution < -0.4 is 21.5 Å². The number of nitrogens with zero attached hydrogens (tertiary/aromatic N) is 1. The van der Waals surface area contributed by atoms with E-state index in [0.717, 1.165) is 5.56 Å². The Labute approximate surface area is 174 Å².